The Bertz CT molecular complexity index is 1040. The molecule has 2 aromatic heterocycles. The zero-order chi connectivity index (χ0) is 19.8. The number of nitrogens with one attached hydrogen (secondary N) is 1. The standard InChI is InChI=1S/C23H24N4O2/c1-15-2-9-20(13-24-15)29-23(28)25-18-6-10-21-17(12-18)5-11-22(26-21)27-14-16-3-7-19(27)8-4-16/h2,5-6,9-13,16,19H,3-4,7-8,14H2,1H3,(H,25,28). The highest BCUT2D eigenvalue weighted by molar-refractivity contribution is 5.91. The van der Waals surface area contributed by atoms with E-state index < -0.39 is 6.09 Å². The number of hydrogen-bond donors (Lipinski definition) is 1. The zero-order valence-corrected chi connectivity index (χ0v) is 16.5. The minimum Gasteiger partial charge on any atom is -0.408 e. The molecule has 1 aromatic carbocycles. The number of ether oxygens (including phenoxy) is 1. The van der Waals surface area contributed by atoms with Crippen LogP contribution in [0.2, 0.25) is 0 Å². The first-order chi connectivity index (χ1) is 14.1. The second-order valence-corrected chi connectivity index (χ2v) is 8.05. The van der Waals surface area contributed by atoms with E-state index in [2.05, 4.69) is 27.3 Å². The van der Waals surface area contributed by atoms with Crippen LogP contribution in [0.25, 0.3) is 10.9 Å². The van der Waals surface area contributed by atoms with E-state index >= 15 is 0 Å². The fourth-order valence-corrected chi connectivity index (χ4v) is 4.46. The third-order valence-corrected chi connectivity index (χ3v) is 6.02. The summed E-state index contributed by atoms with van der Waals surface area (Å²) in [4.78, 5) is 23.6. The summed E-state index contributed by atoms with van der Waals surface area (Å²) in [5, 5.41) is 3.76. The number of nitrogens with zero attached hydrogens (tertiary/aromatic N) is 3. The summed E-state index contributed by atoms with van der Waals surface area (Å²) in [6.45, 7) is 3.01. The monoisotopic (exact) mass is 388 g/mol. The number of rotatable bonds is 3. The molecule has 6 nitrogen and oxygen atoms in total. The van der Waals surface area contributed by atoms with E-state index in [4.69, 9.17) is 9.72 Å². The van der Waals surface area contributed by atoms with Crippen molar-refractivity contribution in [3.8, 4) is 5.75 Å². The fourth-order valence-electron chi connectivity index (χ4n) is 4.46. The van der Waals surface area contributed by atoms with E-state index in [1.165, 1.54) is 31.9 Å². The summed E-state index contributed by atoms with van der Waals surface area (Å²) < 4.78 is 5.28. The number of anilines is 2. The maximum Gasteiger partial charge on any atom is 0.417 e. The van der Waals surface area contributed by atoms with E-state index in [0.29, 0.717) is 17.5 Å². The molecule has 6 rings (SSSR count). The van der Waals surface area contributed by atoms with Crippen molar-refractivity contribution >= 4 is 28.5 Å². The lowest BCUT2D eigenvalue weighted by Gasteiger charge is -2.46. The quantitative estimate of drug-likeness (QED) is 0.689. The Labute approximate surface area is 169 Å². The van der Waals surface area contributed by atoms with Crippen LogP contribution in [0.1, 0.15) is 31.4 Å². The van der Waals surface area contributed by atoms with Crippen LogP contribution in [0.3, 0.4) is 0 Å². The Kier molecular flexibility index (Phi) is 4.54. The number of amides is 1. The predicted molar refractivity (Wildman–Crippen MR) is 113 cm³/mol. The molecule has 4 heterocycles. The number of piperidine rings is 2. The van der Waals surface area contributed by atoms with Crippen molar-refractivity contribution in [1.29, 1.82) is 0 Å². The minimum absolute atomic E-state index is 0.413. The number of hydrogen-bond acceptors (Lipinski definition) is 5. The molecule has 0 radical (unpaired) electrons. The van der Waals surface area contributed by atoms with Crippen molar-refractivity contribution in [3.05, 3.63) is 54.4 Å². The van der Waals surface area contributed by atoms with Crippen LogP contribution in [0.4, 0.5) is 16.3 Å². The van der Waals surface area contributed by atoms with Crippen molar-refractivity contribution in [2.45, 2.75) is 38.6 Å². The first kappa shape index (κ1) is 17.9. The molecule has 3 aromatic rings. The molecule has 2 bridgehead atoms. The van der Waals surface area contributed by atoms with Crippen LogP contribution < -0.4 is 15.0 Å². The van der Waals surface area contributed by atoms with Gasteiger partial charge in [-0.1, -0.05) is 0 Å². The largest absolute Gasteiger partial charge is 0.417 e. The maximum atomic E-state index is 12.2. The van der Waals surface area contributed by atoms with Crippen LogP contribution >= 0.6 is 0 Å². The molecular formula is C23H24N4O2. The molecule has 0 atom stereocenters. The van der Waals surface area contributed by atoms with Crippen LogP contribution in [-0.2, 0) is 0 Å². The Morgan fingerprint density at radius 2 is 1.97 bits per heavy atom. The second-order valence-electron chi connectivity index (χ2n) is 8.05. The fraction of sp³-hybridized carbons (Fsp3) is 0.348. The van der Waals surface area contributed by atoms with Gasteiger partial charge in [0, 0.05) is 29.4 Å². The molecule has 2 saturated heterocycles. The molecule has 148 valence electrons. The minimum atomic E-state index is -0.538. The summed E-state index contributed by atoms with van der Waals surface area (Å²) in [5.41, 5.74) is 2.48. The highest BCUT2D eigenvalue weighted by atomic mass is 16.6. The number of carbonyl (C=O) groups excluding carboxylic acids is 1. The Morgan fingerprint density at radius 3 is 2.69 bits per heavy atom. The number of benzene rings is 1. The van der Waals surface area contributed by atoms with Crippen LogP contribution in [0.15, 0.2) is 48.7 Å². The molecule has 3 fully saturated rings. The number of aryl methyl sites for hydroxylation is 1. The van der Waals surface area contributed by atoms with E-state index in [-0.39, 0.29) is 0 Å². The molecule has 3 aliphatic rings. The van der Waals surface area contributed by atoms with Gasteiger partial charge < -0.3 is 9.64 Å². The number of pyridine rings is 2. The third-order valence-electron chi connectivity index (χ3n) is 6.02. The van der Waals surface area contributed by atoms with Crippen molar-refractivity contribution in [2.24, 2.45) is 5.92 Å². The van der Waals surface area contributed by atoms with Crippen molar-refractivity contribution in [1.82, 2.24) is 9.97 Å². The maximum absolute atomic E-state index is 12.2. The highest BCUT2D eigenvalue weighted by Crippen LogP contribution is 2.37. The first-order valence-electron chi connectivity index (χ1n) is 10.2. The van der Waals surface area contributed by atoms with Gasteiger partial charge in [0.2, 0.25) is 0 Å². The van der Waals surface area contributed by atoms with Gasteiger partial charge in [0.15, 0.2) is 5.75 Å². The lowest BCUT2D eigenvalue weighted by Crippen LogP contribution is -2.48. The SMILES string of the molecule is Cc1ccc(OC(=O)Nc2ccc3nc(N4CC5CCC4CC5)ccc3c2)cn1. The lowest BCUT2D eigenvalue weighted by atomic mass is 9.80. The third kappa shape index (κ3) is 3.75. The van der Waals surface area contributed by atoms with Gasteiger partial charge in [-0.3, -0.25) is 10.3 Å². The Morgan fingerprint density at radius 1 is 1.10 bits per heavy atom. The Hall–Kier alpha value is -3.15. The average Bonchev–Trinajstić information content (AvgIpc) is 2.76. The van der Waals surface area contributed by atoms with Crippen LogP contribution in [0, 0.1) is 12.8 Å². The molecular weight excluding hydrogens is 364 g/mol. The average molecular weight is 388 g/mol. The van der Waals surface area contributed by atoms with E-state index in [0.717, 1.165) is 34.9 Å². The van der Waals surface area contributed by atoms with Gasteiger partial charge in [-0.25, -0.2) is 9.78 Å². The van der Waals surface area contributed by atoms with E-state index in [1.807, 2.05) is 25.1 Å². The molecule has 2 aliphatic heterocycles. The molecule has 29 heavy (non-hydrogen) atoms. The highest BCUT2D eigenvalue weighted by Gasteiger charge is 2.34. The summed E-state index contributed by atoms with van der Waals surface area (Å²) >= 11 is 0. The van der Waals surface area contributed by atoms with Crippen LogP contribution in [0.5, 0.6) is 5.75 Å². The smallest absolute Gasteiger partial charge is 0.408 e. The molecule has 0 spiro atoms. The van der Waals surface area contributed by atoms with Gasteiger partial charge in [-0.2, -0.15) is 0 Å². The normalized spacial score (nSPS) is 20.7. The zero-order valence-electron chi connectivity index (χ0n) is 16.5. The molecule has 0 unspecified atom stereocenters. The van der Waals surface area contributed by atoms with Gasteiger partial charge in [-0.15, -0.1) is 0 Å². The molecule has 1 N–H and O–H groups in total. The molecule has 6 heteroatoms. The lowest BCUT2D eigenvalue weighted by molar-refractivity contribution is 0.215. The topological polar surface area (TPSA) is 67.3 Å². The van der Waals surface area contributed by atoms with Crippen molar-refractivity contribution in [3.63, 3.8) is 0 Å². The first-order valence-corrected chi connectivity index (χ1v) is 10.2. The van der Waals surface area contributed by atoms with Gasteiger partial charge in [0.25, 0.3) is 0 Å². The molecule has 1 amide bonds. The Balaban J connectivity index is 1.30. The van der Waals surface area contributed by atoms with Gasteiger partial charge in [0.1, 0.15) is 5.82 Å². The summed E-state index contributed by atoms with van der Waals surface area (Å²) in [5.74, 6) is 2.30. The summed E-state index contributed by atoms with van der Waals surface area (Å²) in [6.07, 6.45) is 6.28. The number of aromatic nitrogens is 2. The second kappa shape index (κ2) is 7.35. The summed E-state index contributed by atoms with van der Waals surface area (Å²) in [7, 11) is 0. The van der Waals surface area contributed by atoms with Crippen molar-refractivity contribution in [2.75, 3.05) is 16.8 Å². The molecule has 1 aliphatic carbocycles. The van der Waals surface area contributed by atoms with Crippen LogP contribution in [-0.4, -0.2) is 28.6 Å². The van der Waals surface area contributed by atoms with E-state index in [1.54, 1.807) is 12.1 Å². The van der Waals surface area contributed by atoms with Gasteiger partial charge in [0.05, 0.1) is 11.7 Å². The molecule has 1 saturated carbocycles. The number of carbonyl (C=O) groups is 1. The van der Waals surface area contributed by atoms with E-state index in [9.17, 15) is 4.79 Å². The van der Waals surface area contributed by atoms with Gasteiger partial charge in [-0.05, 0) is 81.0 Å². The summed E-state index contributed by atoms with van der Waals surface area (Å²) in [6, 6.07) is 14.1. The van der Waals surface area contributed by atoms with Crippen molar-refractivity contribution < 1.29 is 9.53 Å². The predicted octanol–water partition coefficient (Wildman–Crippen LogP) is 4.93. The number of fused-ring (bicyclic) bond motifs is 4. The van der Waals surface area contributed by atoms with Gasteiger partial charge >= 0.3 is 6.09 Å².